The molecule has 4 rings (SSSR count). The lowest BCUT2D eigenvalue weighted by atomic mass is 9.47. The molecule has 2 amide bonds. The van der Waals surface area contributed by atoms with Gasteiger partial charge < -0.3 is 25.3 Å². The van der Waals surface area contributed by atoms with Crippen molar-refractivity contribution in [3.8, 4) is 0 Å². The molecule has 0 heterocycles. The highest BCUT2D eigenvalue weighted by Crippen LogP contribution is 2.65. The second kappa shape index (κ2) is 13.3. The van der Waals surface area contributed by atoms with Crippen LogP contribution in [-0.2, 0) is 14.4 Å². The van der Waals surface area contributed by atoms with E-state index in [9.17, 15) is 14.7 Å². The third kappa shape index (κ3) is 7.51. The van der Waals surface area contributed by atoms with E-state index >= 15 is 0 Å². The van der Waals surface area contributed by atoms with E-state index in [0.717, 1.165) is 55.2 Å². The van der Waals surface area contributed by atoms with Crippen LogP contribution in [0.5, 0.6) is 0 Å². The van der Waals surface area contributed by atoms with E-state index < -0.39 is 11.7 Å². The standard InChI is InChI=1S/C30H49N3O5S2/c1-28(2,3)38-27(36)32-15-17-40-39-16-14-31-26(35)19-37-33-21-10-12-29(4)20(18-21)6-7-22-23-8-9-25(34)30(23,5)13-11-24(22)29/h18,22-25,34H,6-17,19H2,1-5H3,(H,31,35)(H,32,36)/b33-21-/t22-,23-,24-,25-,29-,30-/m0/s1. The van der Waals surface area contributed by atoms with Crippen LogP contribution in [0.25, 0.3) is 0 Å². The van der Waals surface area contributed by atoms with Crippen molar-refractivity contribution in [2.45, 2.75) is 97.7 Å². The van der Waals surface area contributed by atoms with Gasteiger partial charge in [0, 0.05) is 24.6 Å². The Morgan fingerprint density at radius 2 is 1.75 bits per heavy atom. The number of hydrogen-bond acceptors (Lipinski definition) is 8. The van der Waals surface area contributed by atoms with Crippen molar-refractivity contribution >= 4 is 39.3 Å². The summed E-state index contributed by atoms with van der Waals surface area (Å²) >= 11 is 0. The van der Waals surface area contributed by atoms with Crippen molar-refractivity contribution in [3.63, 3.8) is 0 Å². The van der Waals surface area contributed by atoms with E-state index in [2.05, 4.69) is 35.7 Å². The molecule has 226 valence electrons. The maximum Gasteiger partial charge on any atom is 0.407 e. The molecule has 4 aliphatic carbocycles. The number of oxime groups is 1. The third-order valence-electron chi connectivity index (χ3n) is 9.75. The average Bonchev–Trinajstić information content (AvgIpc) is 3.19. The van der Waals surface area contributed by atoms with Gasteiger partial charge in [-0.15, -0.1) is 0 Å². The minimum atomic E-state index is -0.492. The maximum atomic E-state index is 12.2. The number of hydrogen-bond donors (Lipinski definition) is 3. The molecule has 10 heteroatoms. The fraction of sp³-hybridized carbons (Fsp3) is 0.833. The largest absolute Gasteiger partial charge is 0.444 e. The van der Waals surface area contributed by atoms with Crippen LogP contribution in [0.2, 0.25) is 0 Å². The Morgan fingerprint density at radius 3 is 2.48 bits per heavy atom. The van der Waals surface area contributed by atoms with Crippen LogP contribution in [0.4, 0.5) is 4.79 Å². The normalized spacial score (nSPS) is 34.2. The Kier molecular flexibility index (Phi) is 10.5. The number of rotatable bonds is 10. The van der Waals surface area contributed by atoms with Gasteiger partial charge in [-0.2, -0.15) is 0 Å². The van der Waals surface area contributed by atoms with Crippen LogP contribution < -0.4 is 10.6 Å². The van der Waals surface area contributed by atoms with E-state index in [0.29, 0.717) is 24.9 Å². The lowest BCUT2D eigenvalue weighted by molar-refractivity contribution is -0.125. The quantitative estimate of drug-likeness (QED) is 0.169. The number of carbonyl (C=O) groups is 2. The van der Waals surface area contributed by atoms with Crippen molar-refractivity contribution in [1.29, 1.82) is 0 Å². The molecule has 0 unspecified atom stereocenters. The SMILES string of the molecule is CC(C)(C)OC(=O)NCCSSCCNC(=O)CO/N=C1\C=C2CC[C@H]3[C@@H]4CC[C@H](O)[C@@]4(C)CC[C@@H]3[C@@]2(C)CC1. The van der Waals surface area contributed by atoms with E-state index in [1.165, 1.54) is 24.8 Å². The summed E-state index contributed by atoms with van der Waals surface area (Å²) < 4.78 is 5.20. The monoisotopic (exact) mass is 595 g/mol. The highest BCUT2D eigenvalue weighted by molar-refractivity contribution is 8.76. The third-order valence-corrected chi connectivity index (χ3v) is 12.2. The fourth-order valence-corrected chi connectivity index (χ4v) is 9.51. The smallest absolute Gasteiger partial charge is 0.407 e. The summed E-state index contributed by atoms with van der Waals surface area (Å²) in [6.07, 6.45) is 10.5. The summed E-state index contributed by atoms with van der Waals surface area (Å²) in [5.74, 6) is 3.44. The van der Waals surface area contributed by atoms with Gasteiger partial charge >= 0.3 is 6.09 Å². The number of amides is 2. The van der Waals surface area contributed by atoms with Crippen LogP contribution in [-0.4, -0.2) is 65.7 Å². The lowest BCUT2D eigenvalue weighted by Crippen LogP contribution is -2.51. The Labute approximate surface area is 248 Å². The number of aliphatic hydroxyl groups is 1. The maximum absolute atomic E-state index is 12.2. The summed E-state index contributed by atoms with van der Waals surface area (Å²) in [4.78, 5) is 29.2. The first-order valence-electron chi connectivity index (χ1n) is 15.0. The predicted octanol–water partition coefficient (Wildman–Crippen LogP) is 5.71. The van der Waals surface area contributed by atoms with Gasteiger partial charge in [-0.05, 0) is 107 Å². The van der Waals surface area contributed by atoms with Crippen molar-refractivity contribution < 1.29 is 24.3 Å². The molecule has 0 aliphatic heterocycles. The molecule has 6 atom stereocenters. The van der Waals surface area contributed by atoms with Gasteiger partial charge in [0.05, 0.1) is 11.8 Å². The highest BCUT2D eigenvalue weighted by atomic mass is 33.1. The van der Waals surface area contributed by atoms with E-state index in [1.54, 1.807) is 21.6 Å². The molecule has 0 radical (unpaired) electrons. The molecular formula is C30H49N3O5S2. The van der Waals surface area contributed by atoms with Crippen molar-refractivity contribution in [2.24, 2.45) is 33.7 Å². The van der Waals surface area contributed by atoms with E-state index in [1.807, 2.05) is 20.8 Å². The molecule has 8 nitrogen and oxygen atoms in total. The van der Waals surface area contributed by atoms with Crippen molar-refractivity contribution in [1.82, 2.24) is 10.6 Å². The molecule has 3 fully saturated rings. The van der Waals surface area contributed by atoms with Gasteiger partial charge in [0.25, 0.3) is 5.91 Å². The number of nitrogens with one attached hydrogen (secondary N) is 2. The van der Waals surface area contributed by atoms with Crippen LogP contribution in [0.15, 0.2) is 16.8 Å². The van der Waals surface area contributed by atoms with Crippen LogP contribution >= 0.6 is 21.6 Å². The van der Waals surface area contributed by atoms with E-state index in [4.69, 9.17) is 9.57 Å². The first kappa shape index (κ1) is 31.5. The minimum absolute atomic E-state index is 0.0746. The molecular weight excluding hydrogens is 546 g/mol. The highest BCUT2D eigenvalue weighted by Gasteiger charge is 2.58. The second-order valence-corrected chi connectivity index (χ2v) is 16.1. The molecule has 0 saturated heterocycles. The van der Waals surface area contributed by atoms with Gasteiger partial charge in [0.2, 0.25) is 0 Å². The summed E-state index contributed by atoms with van der Waals surface area (Å²) in [7, 11) is 3.30. The first-order chi connectivity index (χ1) is 18.9. The molecule has 0 bridgehead atoms. The zero-order chi connectivity index (χ0) is 29.0. The van der Waals surface area contributed by atoms with Gasteiger partial charge in [0.1, 0.15) is 5.60 Å². The van der Waals surface area contributed by atoms with Crippen LogP contribution in [0.3, 0.4) is 0 Å². The average molecular weight is 596 g/mol. The molecule has 3 saturated carbocycles. The number of alkyl carbamates (subject to hydrolysis) is 1. The summed E-state index contributed by atoms with van der Waals surface area (Å²) in [5, 5.41) is 20.6. The first-order valence-corrected chi connectivity index (χ1v) is 17.5. The van der Waals surface area contributed by atoms with Gasteiger partial charge in [-0.1, -0.05) is 46.2 Å². The molecule has 0 aromatic carbocycles. The van der Waals surface area contributed by atoms with Crippen LogP contribution in [0.1, 0.15) is 86.0 Å². The molecule has 40 heavy (non-hydrogen) atoms. The van der Waals surface area contributed by atoms with Crippen LogP contribution in [0, 0.1) is 28.6 Å². The van der Waals surface area contributed by atoms with Crippen molar-refractivity contribution in [2.75, 3.05) is 31.2 Å². The number of carbonyl (C=O) groups excluding carboxylic acids is 2. The van der Waals surface area contributed by atoms with Gasteiger partial charge in [0.15, 0.2) is 6.61 Å². The minimum Gasteiger partial charge on any atom is -0.444 e. The number of allylic oxidation sites excluding steroid dienone is 2. The number of aliphatic hydroxyl groups excluding tert-OH is 1. The topological polar surface area (TPSA) is 109 Å². The van der Waals surface area contributed by atoms with Gasteiger partial charge in [-0.25, -0.2) is 4.79 Å². The Bertz CT molecular complexity index is 983. The number of ether oxygens (including phenoxy) is 1. The Balaban J connectivity index is 1.12. The second-order valence-electron chi connectivity index (χ2n) is 13.4. The van der Waals surface area contributed by atoms with Gasteiger partial charge in [-0.3, -0.25) is 4.79 Å². The molecule has 0 aromatic rings. The zero-order valence-corrected chi connectivity index (χ0v) is 26.6. The van der Waals surface area contributed by atoms with E-state index in [-0.39, 0.29) is 29.4 Å². The summed E-state index contributed by atoms with van der Waals surface area (Å²) in [5.41, 5.74) is 2.29. The number of nitrogens with zero attached hydrogens (tertiary/aromatic N) is 1. The lowest BCUT2D eigenvalue weighted by Gasteiger charge is -2.57. The van der Waals surface area contributed by atoms with Crippen molar-refractivity contribution in [3.05, 3.63) is 11.6 Å². The molecule has 0 spiro atoms. The fourth-order valence-electron chi connectivity index (χ4n) is 7.70. The molecule has 3 N–H and O–H groups in total. The molecule has 4 aliphatic rings. The number of fused-ring (bicyclic) bond motifs is 5. The zero-order valence-electron chi connectivity index (χ0n) is 24.9. The molecule has 0 aromatic heterocycles. The summed E-state index contributed by atoms with van der Waals surface area (Å²) in [6.45, 7) is 11.3. The Hall–Kier alpha value is -1.39. The predicted molar refractivity (Wildman–Crippen MR) is 163 cm³/mol. The summed E-state index contributed by atoms with van der Waals surface area (Å²) in [6, 6.07) is 0. The Morgan fingerprint density at radius 1 is 1.02 bits per heavy atom.